The average molecular weight is 431 g/mol. The fourth-order valence-electron chi connectivity index (χ4n) is 3.37. The summed E-state index contributed by atoms with van der Waals surface area (Å²) in [6, 6.07) is 14.7. The van der Waals surface area contributed by atoms with Gasteiger partial charge >= 0.3 is 0 Å². The molecule has 1 amide bonds. The lowest BCUT2D eigenvalue weighted by Gasteiger charge is -2.13. The zero-order valence-electron chi connectivity index (χ0n) is 18.4. The van der Waals surface area contributed by atoms with Gasteiger partial charge < -0.3 is 10.3 Å². The Labute approximate surface area is 185 Å². The molecule has 0 aliphatic carbocycles. The van der Waals surface area contributed by atoms with Gasteiger partial charge in [-0.15, -0.1) is 0 Å². The number of pyridine rings is 1. The molecule has 0 atom stereocenters. The zero-order chi connectivity index (χ0) is 22.7. The highest BCUT2D eigenvalue weighted by Crippen LogP contribution is 2.26. The fourth-order valence-corrected chi connectivity index (χ4v) is 3.37. The van der Waals surface area contributed by atoms with E-state index in [0.717, 1.165) is 5.69 Å². The Morgan fingerprint density at radius 3 is 2.66 bits per heavy atom. The first-order chi connectivity index (χ1) is 15.3. The van der Waals surface area contributed by atoms with Gasteiger partial charge in [-0.3, -0.25) is 9.59 Å². The summed E-state index contributed by atoms with van der Waals surface area (Å²) in [4.78, 5) is 36.5. The molecule has 2 N–H and O–H groups in total. The smallest absolute Gasteiger partial charge is 0.258 e. The molecule has 1 aromatic carbocycles. The van der Waals surface area contributed by atoms with Gasteiger partial charge in [-0.2, -0.15) is 9.78 Å². The standard InChI is InChI=1S/C24H26N6O2/c1-24(2,3)18-15-21(30(29-18)20-12-6-7-14-25-20)28-22(31)13-8-11-19-26-17-10-5-4-9-16(17)23(32)27-19/h4-7,9-10,12,14-15H,8,11,13H2,1-3H3,(H,28,31)(H,26,27,32). The second-order valence-electron chi connectivity index (χ2n) is 8.70. The van der Waals surface area contributed by atoms with Crippen LogP contribution in [-0.2, 0) is 16.6 Å². The Balaban J connectivity index is 1.45. The minimum atomic E-state index is -0.173. The van der Waals surface area contributed by atoms with Crippen molar-refractivity contribution >= 4 is 22.6 Å². The van der Waals surface area contributed by atoms with Crippen LogP contribution < -0.4 is 10.9 Å². The van der Waals surface area contributed by atoms with E-state index >= 15 is 0 Å². The molecule has 0 radical (unpaired) electrons. The summed E-state index contributed by atoms with van der Waals surface area (Å²) < 4.78 is 1.65. The quantitative estimate of drug-likeness (QED) is 0.484. The number of benzene rings is 1. The summed E-state index contributed by atoms with van der Waals surface area (Å²) in [7, 11) is 0. The van der Waals surface area contributed by atoms with E-state index in [-0.39, 0.29) is 23.3 Å². The topological polar surface area (TPSA) is 106 Å². The minimum Gasteiger partial charge on any atom is -0.311 e. The molecule has 0 bridgehead atoms. The Hall–Kier alpha value is -3.81. The Bertz CT molecular complexity index is 1300. The largest absolute Gasteiger partial charge is 0.311 e. The molecule has 4 aromatic rings. The van der Waals surface area contributed by atoms with Crippen LogP contribution in [0.5, 0.6) is 0 Å². The van der Waals surface area contributed by atoms with Crippen LogP contribution in [0, 0.1) is 0 Å². The molecule has 0 aliphatic rings. The van der Waals surface area contributed by atoms with Crippen LogP contribution in [0.3, 0.4) is 0 Å². The van der Waals surface area contributed by atoms with E-state index in [1.54, 1.807) is 16.9 Å². The van der Waals surface area contributed by atoms with Crippen molar-refractivity contribution in [1.29, 1.82) is 0 Å². The maximum Gasteiger partial charge on any atom is 0.258 e. The van der Waals surface area contributed by atoms with Crippen LogP contribution in [-0.4, -0.2) is 30.6 Å². The third-order valence-corrected chi connectivity index (χ3v) is 5.09. The lowest BCUT2D eigenvalue weighted by molar-refractivity contribution is -0.116. The number of carbonyl (C=O) groups is 1. The van der Waals surface area contributed by atoms with Crippen molar-refractivity contribution in [3.05, 3.63) is 76.6 Å². The molecule has 0 fully saturated rings. The molecule has 0 aliphatic heterocycles. The molecule has 3 aromatic heterocycles. The number of H-pyrrole nitrogens is 1. The molecular weight excluding hydrogens is 404 g/mol. The van der Waals surface area contributed by atoms with E-state index in [2.05, 4.69) is 46.1 Å². The van der Waals surface area contributed by atoms with Crippen LogP contribution in [0.4, 0.5) is 5.82 Å². The number of aromatic nitrogens is 5. The first-order valence-electron chi connectivity index (χ1n) is 10.6. The summed E-state index contributed by atoms with van der Waals surface area (Å²) in [5, 5.41) is 8.18. The molecule has 4 rings (SSSR count). The number of rotatable bonds is 6. The minimum absolute atomic E-state index is 0.134. The van der Waals surface area contributed by atoms with Crippen LogP contribution in [0.1, 0.15) is 45.1 Å². The van der Waals surface area contributed by atoms with Crippen LogP contribution in [0.15, 0.2) is 59.5 Å². The molecule has 3 heterocycles. The molecule has 8 heteroatoms. The SMILES string of the molecule is CC(C)(C)c1cc(NC(=O)CCCc2nc3ccccc3c(=O)[nH]2)n(-c2ccccn2)n1. The van der Waals surface area contributed by atoms with Crippen molar-refractivity contribution in [1.82, 2.24) is 24.7 Å². The van der Waals surface area contributed by atoms with Crippen molar-refractivity contribution in [2.24, 2.45) is 0 Å². The monoisotopic (exact) mass is 430 g/mol. The molecule has 164 valence electrons. The van der Waals surface area contributed by atoms with Gasteiger partial charge in [0.15, 0.2) is 5.82 Å². The van der Waals surface area contributed by atoms with Crippen molar-refractivity contribution < 1.29 is 4.79 Å². The van der Waals surface area contributed by atoms with Gasteiger partial charge in [0.05, 0.1) is 16.6 Å². The molecule has 0 spiro atoms. The first kappa shape index (κ1) is 21.4. The highest BCUT2D eigenvalue weighted by Gasteiger charge is 2.21. The second kappa shape index (κ2) is 8.74. The summed E-state index contributed by atoms with van der Waals surface area (Å²) in [5.41, 5.74) is 1.18. The number of aryl methyl sites for hydroxylation is 1. The van der Waals surface area contributed by atoms with E-state index in [9.17, 15) is 9.59 Å². The van der Waals surface area contributed by atoms with Gasteiger partial charge in [0.1, 0.15) is 11.6 Å². The van der Waals surface area contributed by atoms with Crippen molar-refractivity contribution in [3.8, 4) is 5.82 Å². The van der Waals surface area contributed by atoms with E-state index in [0.29, 0.717) is 41.2 Å². The average Bonchev–Trinajstić information content (AvgIpc) is 3.19. The number of aromatic amines is 1. The number of hydrogen-bond donors (Lipinski definition) is 2. The molecular formula is C24H26N6O2. The molecule has 32 heavy (non-hydrogen) atoms. The van der Waals surface area contributed by atoms with E-state index in [1.165, 1.54) is 0 Å². The summed E-state index contributed by atoms with van der Waals surface area (Å²) >= 11 is 0. The number of fused-ring (bicyclic) bond motifs is 1. The number of nitrogens with zero attached hydrogens (tertiary/aromatic N) is 4. The van der Waals surface area contributed by atoms with E-state index in [1.807, 2.05) is 42.5 Å². The van der Waals surface area contributed by atoms with Gasteiger partial charge in [-0.25, -0.2) is 9.97 Å². The van der Waals surface area contributed by atoms with E-state index < -0.39 is 0 Å². The molecule has 0 unspecified atom stereocenters. The van der Waals surface area contributed by atoms with Gasteiger partial charge in [-0.05, 0) is 30.7 Å². The van der Waals surface area contributed by atoms with Crippen molar-refractivity contribution in [2.75, 3.05) is 5.32 Å². The van der Waals surface area contributed by atoms with Crippen molar-refractivity contribution in [2.45, 2.75) is 45.4 Å². The third kappa shape index (κ3) is 4.74. The highest BCUT2D eigenvalue weighted by atomic mass is 16.1. The van der Waals surface area contributed by atoms with Crippen LogP contribution in [0.2, 0.25) is 0 Å². The normalized spacial score (nSPS) is 11.6. The van der Waals surface area contributed by atoms with Gasteiger partial charge in [0.2, 0.25) is 5.91 Å². The lowest BCUT2D eigenvalue weighted by Crippen LogP contribution is -2.16. The number of para-hydroxylation sites is 1. The molecule has 0 saturated heterocycles. The third-order valence-electron chi connectivity index (χ3n) is 5.09. The van der Waals surface area contributed by atoms with Gasteiger partial charge in [-0.1, -0.05) is 39.0 Å². The lowest BCUT2D eigenvalue weighted by atomic mass is 9.92. The number of carbonyl (C=O) groups excluding carboxylic acids is 1. The van der Waals surface area contributed by atoms with Crippen molar-refractivity contribution in [3.63, 3.8) is 0 Å². The number of nitrogens with one attached hydrogen (secondary N) is 2. The number of amides is 1. The Morgan fingerprint density at radius 2 is 1.91 bits per heavy atom. The fraction of sp³-hybridized carbons (Fsp3) is 0.292. The summed E-state index contributed by atoms with van der Waals surface area (Å²) in [6.45, 7) is 6.21. The van der Waals surface area contributed by atoms with Crippen LogP contribution in [0.25, 0.3) is 16.7 Å². The second-order valence-corrected chi connectivity index (χ2v) is 8.70. The summed E-state index contributed by atoms with van der Waals surface area (Å²) in [6.07, 6.45) is 3.03. The number of hydrogen-bond acceptors (Lipinski definition) is 5. The highest BCUT2D eigenvalue weighted by molar-refractivity contribution is 5.90. The first-order valence-corrected chi connectivity index (χ1v) is 10.6. The maximum atomic E-state index is 12.7. The maximum absolute atomic E-state index is 12.7. The zero-order valence-corrected chi connectivity index (χ0v) is 18.4. The van der Waals surface area contributed by atoms with Gasteiger partial charge in [0.25, 0.3) is 5.56 Å². The number of anilines is 1. The molecule has 0 saturated carbocycles. The Morgan fingerprint density at radius 1 is 1.12 bits per heavy atom. The molecule has 8 nitrogen and oxygen atoms in total. The van der Waals surface area contributed by atoms with Crippen LogP contribution >= 0.6 is 0 Å². The Kier molecular flexibility index (Phi) is 5.85. The predicted molar refractivity (Wildman–Crippen MR) is 124 cm³/mol. The predicted octanol–water partition coefficient (Wildman–Crippen LogP) is 3.76. The van der Waals surface area contributed by atoms with E-state index in [4.69, 9.17) is 0 Å². The van der Waals surface area contributed by atoms with Gasteiger partial charge in [0, 0.05) is 30.5 Å². The summed E-state index contributed by atoms with van der Waals surface area (Å²) in [5.74, 6) is 1.66.